The molecule has 1 aromatic rings. The predicted octanol–water partition coefficient (Wildman–Crippen LogP) is 1.96. The van der Waals surface area contributed by atoms with Crippen LogP contribution in [0.3, 0.4) is 0 Å². The van der Waals surface area contributed by atoms with Crippen LogP contribution in [0.1, 0.15) is 25.0 Å². The van der Waals surface area contributed by atoms with E-state index in [1.165, 1.54) is 0 Å². The summed E-state index contributed by atoms with van der Waals surface area (Å²) in [6.07, 6.45) is -0.289. The molecule has 0 atom stereocenters. The molecule has 0 radical (unpaired) electrons. The van der Waals surface area contributed by atoms with E-state index in [-0.39, 0.29) is 5.75 Å². The van der Waals surface area contributed by atoms with Crippen LogP contribution in [0.2, 0.25) is 0 Å². The first-order valence-electron chi connectivity index (χ1n) is 5.62. The number of amides is 1. The maximum Gasteiger partial charge on any atom is 0.405 e. The van der Waals surface area contributed by atoms with Crippen LogP contribution in [-0.4, -0.2) is 23.9 Å². The van der Waals surface area contributed by atoms with Crippen molar-refractivity contribution in [2.24, 2.45) is 5.73 Å². The normalized spacial score (nSPS) is 11.3. The van der Waals surface area contributed by atoms with Crippen molar-refractivity contribution in [3.63, 3.8) is 0 Å². The van der Waals surface area contributed by atoms with Gasteiger partial charge in [0.15, 0.2) is 0 Å². The highest BCUT2D eigenvalue weighted by Crippen LogP contribution is 2.23. The first kappa shape index (κ1) is 14.3. The van der Waals surface area contributed by atoms with Crippen molar-refractivity contribution >= 4 is 6.09 Å². The zero-order valence-corrected chi connectivity index (χ0v) is 10.9. The Morgan fingerprint density at radius 2 is 2.11 bits per heavy atom. The molecule has 0 spiro atoms. The standard InChI is InChI=1S/C13H19NO4/c1-13(2,18-12(14)16)7-9-4-5-11(15)10(6-9)8-17-3/h4-6,15H,7-8H2,1-3H3,(H2,14,16). The largest absolute Gasteiger partial charge is 0.508 e. The number of primary amides is 1. The molecule has 0 aliphatic carbocycles. The lowest BCUT2D eigenvalue weighted by Crippen LogP contribution is -2.33. The molecular weight excluding hydrogens is 234 g/mol. The Kier molecular flexibility index (Phi) is 4.55. The molecule has 1 amide bonds. The number of aromatic hydroxyl groups is 1. The number of hydrogen-bond donors (Lipinski definition) is 2. The molecule has 0 unspecified atom stereocenters. The highest BCUT2D eigenvalue weighted by Gasteiger charge is 2.22. The third-order valence-corrected chi connectivity index (χ3v) is 2.45. The van der Waals surface area contributed by atoms with E-state index in [0.717, 1.165) is 5.56 Å². The predicted molar refractivity (Wildman–Crippen MR) is 67.3 cm³/mol. The Bertz CT molecular complexity index is 429. The number of carbonyl (C=O) groups excluding carboxylic acids is 1. The smallest absolute Gasteiger partial charge is 0.405 e. The number of nitrogens with two attached hydrogens (primary N) is 1. The lowest BCUT2D eigenvalue weighted by Gasteiger charge is -2.24. The maximum atomic E-state index is 10.8. The second-order valence-corrected chi connectivity index (χ2v) is 4.75. The van der Waals surface area contributed by atoms with Crippen LogP contribution in [0.25, 0.3) is 0 Å². The Labute approximate surface area is 107 Å². The number of phenols is 1. The number of methoxy groups -OCH3 is 1. The van der Waals surface area contributed by atoms with Gasteiger partial charge in [0.2, 0.25) is 0 Å². The molecule has 3 N–H and O–H groups in total. The lowest BCUT2D eigenvalue weighted by molar-refractivity contribution is 0.0460. The molecule has 5 heteroatoms. The average molecular weight is 253 g/mol. The minimum absolute atomic E-state index is 0.189. The van der Waals surface area contributed by atoms with Crippen molar-refractivity contribution in [3.8, 4) is 5.75 Å². The molecule has 1 rings (SSSR count). The number of benzene rings is 1. The Balaban J connectivity index is 2.84. The molecule has 5 nitrogen and oxygen atoms in total. The summed E-state index contributed by atoms with van der Waals surface area (Å²) in [5, 5.41) is 9.62. The summed E-state index contributed by atoms with van der Waals surface area (Å²) in [5.74, 6) is 0.189. The van der Waals surface area contributed by atoms with E-state index in [9.17, 15) is 9.90 Å². The van der Waals surface area contributed by atoms with Gasteiger partial charge in [-0.2, -0.15) is 0 Å². The van der Waals surface area contributed by atoms with Crippen molar-refractivity contribution in [2.45, 2.75) is 32.5 Å². The van der Waals surface area contributed by atoms with E-state index in [0.29, 0.717) is 18.6 Å². The van der Waals surface area contributed by atoms with E-state index >= 15 is 0 Å². The van der Waals surface area contributed by atoms with Gasteiger partial charge in [0, 0.05) is 19.1 Å². The Hall–Kier alpha value is -1.75. The fourth-order valence-electron chi connectivity index (χ4n) is 1.82. The fraction of sp³-hybridized carbons (Fsp3) is 0.462. The molecule has 0 saturated heterocycles. The van der Waals surface area contributed by atoms with E-state index in [1.807, 2.05) is 6.07 Å². The highest BCUT2D eigenvalue weighted by molar-refractivity contribution is 5.65. The number of hydrogen-bond acceptors (Lipinski definition) is 4. The zero-order chi connectivity index (χ0) is 13.8. The van der Waals surface area contributed by atoms with Crippen LogP contribution < -0.4 is 5.73 Å². The van der Waals surface area contributed by atoms with Gasteiger partial charge in [-0.15, -0.1) is 0 Å². The molecule has 0 aromatic heterocycles. The van der Waals surface area contributed by atoms with Crippen molar-refractivity contribution in [2.75, 3.05) is 7.11 Å². The molecule has 18 heavy (non-hydrogen) atoms. The molecule has 0 heterocycles. The lowest BCUT2D eigenvalue weighted by atomic mass is 9.97. The van der Waals surface area contributed by atoms with Gasteiger partial charge in [-0.1, -0.05) is 6.07 Å². The van der Waals surface area contributed by atoms with E-state index in [2.05, 4.69) is 0 Å². The van der Waals surface area contributed by atoms with Crippen molar-refractivity contribution in [1.29, 1.82) is 0 Å². The third-order valence-electron chi connectivity index (χ3n) is 2.45. The second kappa shape index (κ2) is 5.73. The van der Waals surface area contributed by atoms with Gasteiger partial charge < -0.3 is 20.3 Å². The number of carbonyl (C=O) groups is 1. The first-order valence-corrected chi connectivity index (χ1v) is 5.62. The van der Waals surface area contributed by atoms with E-state index in [1.54, 1.807) is 33.1 Å². The minimum atomic E-state index is -0.795. The van der Waals surface area contributed by atoms with Crippen molar-refractivity contribution in [1.82, 2.24) is 0 Å². The van der Waals surface area contributed by atoms with Gasteiger partial charge in [-0.25, -0.2) is 4.79 Å². The summed E-state index contributed by atoms with van der Waals surface area (Å²) in [5.41, 5.74) is 5.96. The quantitative estimate of drug-likeness (QED) is 0.840. The van der Waals surface area contributed by atoms with Crippen LogP contribution in [0.15, 0.2) is 18.2 Å². The Morgan fingerprint density at radius 3 is 2.67 bits per heavy atom. The Morgan fingerprint density at radius 1 is 1.44 bits per heavy atom. The van der Waals surface area contributed by atoms with Crippen LogP contribution in [0.4, 0.5) is 4.79 Å². The first-order chi connectivity index (χ1) is 8.34. The van der Waals surface area contributed by atoms with Gasteiger partial charge in [0.05, 0.1) is 6.61 Å². The van der Waals surface area contributed by atoms with Crippen LogP contribution in [0, 0.1) is 0 Å². The van der Waals surface area contributed by atoms with Gasteiger partial charge in [0.25, 0.3) is 0 Å². The monoisotopic (exact) mass is 253 g/mol. The summed E-state index contributed by atoms with van der Waals surface area (Å²) in [7, 11) is 1.56. The topological polar surface area (TPSA) is 81.8 Å². The number of ether oxygens (including phenoxy) is 2. The fourth-order valence-corrected chi connectivity index (χ4v) is 1.82. The number of rotatable bonds is 5. The maximum absolute atomic E-state index is 10.8. The van der Waals surface area contributed by atoms with Gasteiger partial charge in [0.1, 0.15) is 11.4 Å². The summed E-state index contributed by atoms with van der Waals surface area (Å²) in [4.78, 5) is 10.8. The van der Waals surface area contributed by atoms with Crippen LogP contribution >= 0.6 is 0 Å². The molecule has 0 aliphatic rings. The van der Waals surface area contributed by atoms with Gasteiger partial charge in [-0.05, 0) is 31.5 Å². The summed E-state index contributed by atoms with van der Waals surface area (Å²) < 4.78 is 10.0. The molecule has 0 fully saturated rings. The summed E-state index contributed by atoms with van der Waals surface area (Å²) in [6.45, 7) is 3.89. The van der Waals surface area contributed by atoms with E-state index in [4.69, 9.17) is 15.2 Å². The molecule has 0 saturated carbocycles. The van der Waals surface area contributed by atoms with Gasteiger partial charge in [-0.3, -0.25) is 0 Å². The zero-order valence-electron chi connectivity index (χ0n) is 10.9. The molecule has 0 bridgehead atoms. The van der Waals surface area contributed by atoms with Crippen molar-refractivity contribution in [3.05, 3.63) is 29.3 Å². The van der Waals surface area contributed by atoms with Crippen LogP contribution in [-0.2, 0) is 22.5 Å². The third kappa shape index (κ3) is 4.25. The second-order valence-electron chi connectivity index (χ2n) is 4.75. The average Bonchev–Trinajstić information content (AvgIpc) is 2.21. The summed E-state index contributed by atoms with van der Waals surface area (Å²) in [6, 6.07) is 5.20. The minimum Gasteiger partial charge on any atom is -0.508 e. The van der Waals surface area contributed by atoms with Crippen LogP contribution in [0.5, 0.6) is 5.75 Å². The molecule has 100 valence electrons. The van der Waals surface area contributed by atoms with E-state index < -0.39 is 11.7 Å². The SMILES string of the molecule is COCc1cc(CC(C)(C)OC(N)=O)ccc1O. The van der Waals surface area contributed by atoms with Crippen molar-refractivity contribution < 1.29 is 19.4 Å². The number of phenolic OH excluding ortho intramolecular Hbond substituents is 1. The van der Waals surface area contributed by atoms with Gasteiger partial charge >= 0.3 is 6.09 Å². The highest BCUT2D eigenvalue weighted by atomic mass is 16.6. The summed E-state index contributed by atoms with van der Waals surface area (Å²) >= 11 is 0. The molecule has 1 aromatic carbocycles. The molecule has 0 aliphatic heterocycles. The molecular formula is C13H19NO4.